The van der Waals surface area contributed by atoms with E-state index >= 15 is 0 Å². The van der Waals surface area contributed by atoms with E-state index in [1.807, 2.05) is 0 Å². The van der Waals surface area contributed by atoms with E-state index in [2.05, 4.69) is 39.2 Å². The lowest BCUT2D eigenvalue weighted by Gasteiger charge is -2.35. The molecular weight excluding hydrogens is 336 g/mol. The fraction of sp³-hybridized carbons (Fsp3) is 0.647. The van der Waals surface area contributed by atoms with E-state index in [-0.39, 0.29) is 5.56 Å². The van der Waals surface area contributed by atoms with Crippen LogP contribution in [-0.2, 0) is 0 Å². The number of hydrogen-bond donors (Lipinski definition) is 2. The third-order valence-corrected chi connectivity index (χ3v) is 6.13. The molecule has 0 atom stereocenters. The first-order valence-corrected chi connectivity index (χ1v) is 9.86. The van der Waals surface area contributed by atoms with Gasteiger partial charge in [0.15, 0.2) is 0 Å². The van der Waals surface area contributed by atoms with E-state index in [1.165, 1.54) is 12.8 Å². The van der Waals surface area contributed by atoms with Crippen LogP contribution in [0.3, 0.4) is 0 Å². The van der Waals surface area contributed by atoms with Crippen LogP contribution in [0.4, 0.5) is 11.1 Å². The van der Waals surface area contributed by atoms with Gasteiger partial charge in [0.05, 0.1) is 5.69 Å². The molecule has 1 saturated carbocycles. The molecule has 0 aromatic carbocycles. The molecule has 2 aliphatic rings. The number of nitrogens with zero attached hydrogens (tertiary/aromatic N) is 4. The molecule has 0 amide bonds. The van der Waals surface area contributed by atoms with Gasteiger partial charge in [-0.1, -0.05) is 25.2 Å². The van der Waals surface area contributed by atoms with Crippen LogP contribution in [0.1, 0.15) is 62.1 Å². The molecule has 2 aromatic heterocycles. The van der Waals surface area contributed by atoms with E-state index in [0.717, 1.165) is 47.7 Å². The van der Waals surface area contributed by atoms with Gasteiger partial charge in [0, 0.05) is 37.0 Å². The molecule has 25 heavy (non-hydrogen) atoms. The monoisotopic (exact) mass is 360 g/mol. The van der Waals surface area contributed by atoms with Crippen LogP contribution >= 0.6 is 11.3 Å². The first kappa shape index (κ1) is 16.5. The van der Waals surface area contributed by atoms with Crippen molar-refractivity contribution in [2.24, 2.45) is 0 Å². The fourth-order valence-corrected chi connectivity index (χ4v) is 4.25. The molecule has 0 unspecified atom stereocenters. The van der Waals surface area contributed by atoms with Gasteiger partial charge in [-0.05, 0) is 25.7 Å². The van der Waals surface area contributed by atoms with Crippen molar-refractivity contribution < 1.29 is 0 Å². The first-order chi connectivity index (χ1) is 12.1. The lowest BCUT2D eigenvalue weighted by Crippen LogP contribution is -2.35. The zero-order valence-corrected chi connectivity index (χ0v) is 15.5. The number of anilines is 2. The van der Waals surface area contributed by atoms with Gasteiger partial charge in [-0.15, -0.1) is 10.2 Å². The first-order valence-electron chi connectivity index (χ1n) is 9.04. The highest BCUT2D eigenvalue weighted by molar-refractivity contribution is 7.15. The van der Waals surface area contributed by atoms with E-state index in [9.17, 15) is 4.79 Å². The van der Waals surface area contributed by atoms with Crippen molar-refractivity contribution in [3.05, 3.63) is 27.1 Å². The zero-order chi connectivity index (χ0) is 17.4. The summed E-state index contributed by atoms with van der Waals surface area (Å²) in [5, 5.41) is 13.8. The Labute approximate surface area is 150 Å². The molecule has 134 valence electrons. The number of nitrogens with one attached hydrogen (secondary N) is 2. The van der Waals surface area contributed by atoms with Crippen LogP contribution in [0, 0.1) is 0 Å². The second-order valence-electron chi connectivity index (χ2n) is 7.30. The number of aromatic nitrogens is 4. The van der Waals surface area contributed by atoms with Crippen LogP contribution < -0.4 is 15.8 Å². The maximum absolute atomic E-state index is 12.0. The second kappa shape index (κ2) is 6.74. The van der Waals surface area contributed by atoms with Crippen LogP contribution in [0.2, 0.25) is 0 Å². The minimum absolute atomic E-state index is 0.0472. The highest BCUT2D eigenvalue weighted by Crippen LogP contribution is 2.38. The van der Waals surface area contributed by atoms with Gasteiger partial charge in [0.1, 0.15) is 5.01 Å². The average Bonchev–Trinajstić information content (AvgIpc) is 3.21. The summed E-state index contributed by atoms with van der Waals surface area (Å²) in [6.07, 6.45) is 4.30. The molecule has 2 fully saturated rings. The summed E-state index contributed by atoms with van der Waals surface area (Å²) < 4.78 is 0. The molecule has 1 aliphatic heterocycles. The molecule has 2 N–H and O–H groups in total. The average molecular weight is 360 g/mol. The predicted octanol–water partition coefficient (Wildman–Crippen LogP) is 2.70. The SMILES string of the molecule is CC(C)c1nnc(NC2CC(c3cc(=O)[nH]c(N4CCCC4)n3)C2)s1. The van der Waals surface area contributed by atoms with Gasteiger partial charge in [0.25, 0.3) is 5.56 Å². The topological polar surface area (TPSA) is 86.8 Å². The van der Waals surface area contributed by atoms with Crippen molar-refractivity contribution in [1.29, 1.82) is 0 Å². The molecule has 0 spiro atoms. The Bertz CT molecular complexity index is 788. The largest absolute Gasteiger partial charge is 0.357 e. The Hall–Kier alpha value is -1.96. The Balaban J connectivity index is 1.39. The van der Waals surface area contributed by atoms with Gasteiger partial charge in [-0.25, -0.2) is 4.98 Å². The molecule has 1 aliphatic carbocycles. The lowest BCUT2D eigenvalue weighted by molar-refractivity contribution is 0.366. The summed E-state index contributed by atoms with van der Waals surface area (Å²) in [6.45, 7) is 6.22. The normalized spacial score (nSPS) is 23.1. The Kier molecular flexibility index (Phi) is 4.45. The number of H-pyrrole nitrogens is 1. The highest BCUT2D eigenvalue weighted by Gasteiger charge is 2.33. The Morgan fingerprint density at radius 2 is 2.04 bits per heavy atom. The van der Waals surface area contributed by atoms with Crippen molar-refractivity contribution in [1.82, 2.24) is 20.2 Å². The molecule has 0 radical (unpaired) electrons. The summed E-state index contributed by atoms with van der Waals surface area (Å²) in [7, 11) is 0. The summed E-state index contributed by atoms with van der Waals surface area (Å²) in [6, 6.07) is 2.04. The predicted molar refractivity (Wildman–Crippen MR) is 99.7 cm³/mol. The summed E-state index contributed by atoms with van der Waals surface area (Å²) in [4.78, 5) is 21.8. The Morgan fingerprint density at radius 1 is 1.28 bits per heavy atom. The van der Waals surface area contributed by atoms with Crippen LogP contribution in [0.5, 0.6) is 0 Å². The van der Waals surface area contributed by atoms with E-state index < -0.39 is 0 Å². The maximum atomic E-state index is 12.0. The van der Waals surface area contributed by atoms with Crippen molar-refractivity contribution in [2.45, 2.75) is 57.4 Å². The van der Waals surface area contributed by atoms with Gasteiger partial charge in [0.2, 0.25) is 11.1 Å². The highest BCUT2D eigenvalue weighted by atomic mass is 32.1. The van der Waals surface area contributed by atoms with Gasteiger partial charge in [-0.2, -0.15) is 0 Å². The van der Waals surface area contributed by atoms with Crippen molar-refractivity contribution >= 4 is 22.4 Å². The summed E-state index contributed by atoms with van der Waals surface area (Å²) >= 11 is 1.63. The van der Waals surface area contributed by atoms with Crippen molar-refractivity contribution in [3.63, 3.8) is 0 Å². The quantitative estimate of drug-likeness (QED) is 0.852. The van der Waals surface area contributed by atoms with Crippen molar-refractivity contribution in [2.75, 3.05) is 23.3 Å². The smallest absolute Gasteiger partial charge is 0.252 e. The van der Waals surface area contributed by atoms with E-state index in [4.69, 9.17) is 4.98 Å². The summed E-state index contributed by atoms with van der Waals surface area (Å²) in [5.41, 5.74) is 0.873. The lowest BCUT2D eigenvalue weighted by atomic mass is 9.78. The molecule has 0 bridgehead atoms. The second-order valence-corrected chi connectivity index (χ2v) is 8.31. The van der Waals surface area contributed by atoms with E-state index in [0.29, 0.717) is 17.9 Å². The molecule has 2 aromatic rings. The minimum atomic E-state index is -0.0472. The van der Waals surface area contributed by atoms with Crippen LogP contribution in [0.15, 0.2) is 10.9 Å². The number of aromatic amines is 1. The van der Waals surface area contributed by atoms with E-state index in [1.54, 1.807) is 17.4 Å². The van der Waals surface area contributed by atoms with Crippen LogP contribution in [-0.4, -0.2) is 39.3 Å². The molecule has 4 rings (SSSR count). The molecular formula is C17H24N6OS. The summed E-state index contributed by atoms with van der Waals surface area (Å²) in [5.74, 6) is 1.49. The molecule has 8 heteroatoms. The zero-order valence-electron chi connectivity index (χ0n) is 14.7. The standard InChI is InChI=1S/C17H24N6OS/c1-10(2)15-21-22-17(25-15)18-12-7-11(8-12)13-9-14(24)20-16(19-13)23-5-3-4-6-23/h9-12H,3-8H2,1-2H3,(H,18,22)(H,19,20,24). The van der Waals surface area contributed by atoms with Gasteiger partial charge >= 0.3 is 0 Å². The molecule has 3 heterocycles. The third-order valence-electron chi connectivity index (χ3n) is 4.97. The molecule has 7 nitrogen and oxygen atoms in total. The van der Waals surface area contributed by atoms with Gasteiger partial charge < -0.3 is 10.2 Å². The molecule has 1 saturated heterocycles. The third kappa shape index (κ3) is 3.53. The van der Waals surface area contributed by atoms with Crippen LogP contribution in [0.25, 0.3) is 0 Å². The maximum Gasteiger partial charge on any atom is 0.252 e. The number of hydrogen-bond acceptors (Lipinski definition) is 7. The van der Waals surface area contributed by atoms with Gasteiger partial charge in [-0.3, -0.25) is 9.78 Å². The van der Waals surface area contributed by atoms with Crippen molar-refractivity contribution in [3.8, 4) is 0 Å². The fourth-order valence-electron chi connectivity index (χ4n) is 3.43. The minimum Gasteiger partial charge on any atom is -0.357 e. The Morgan fingerprint density at radius 3 is 2.72 bits per heavy atom. The number of rotatable bonds is 5.